The molecule has 0 aliphatic carbocycles. The molecule has 6 nitrogen and oxygen atoms in total. The molecule has 0 bridgehead atoms. The maximum absolute atomic E-state index is 13.8. The van der Waals surface area contributed by atoms with E-state index in [0.29, 0.717) is 16.8 Å². The zero-order valence-electron chi connectivity index (χ0n) is 16.0. The third kappa shape index (κ3) is 4.60. The number of carbonyl (C=O) groups excluding carboxylic acids is 2. The summed E-state index contributed by atoms with van der Waals surface area (Å²) in [5.74, 6) is -0.306. The Labute approximate surface area is 163 Å². The molecule has 3 rings (SSSR count). The van der Waals surface area contributed by atoms with Gasteiger partial charge in [-0.05, 0) is 61.7 Å². The van der Waals surface area contributed by atoms with Gasteiger partial charge < -0.3 is 20.3 Å². The lowest BCUT2D eigenvalue weighted by molar-refractivity contribution is 0.0793. The lowest BCUT2D eigenvalue weighted by Crippen LogP contribution is -2.31. The molecule has 7 heteroatoms. The van der Waals surface area contributed by atoms with Crippen LogP contribution >= 0.6 is 0 Å². The molecule has 1 saturated heterocycles. The van der Waals surface area contributed by atoms with Crippen LogP contribution in [0.25, 0.3) is 0 Å². The van der Waals surface area contributed by atoms with E-state index in [1.807, 2.05) is 4.90 Å². The van der Waals surface area contributed by atoms with Crippen LogP contribution in [-0.2, 0) is 0 Å². The summed E-state index contributed by atoms with van der Waals surface area (Å²) in [6.07, 6.45) is 2.09. The summed E-state index contributed by atoms with van der Waals surface area (Å²) in [6.45, 7) is 3.36. The first kappa shape index (κ1) is 19.7. The van der Waals surface area contributed by atoms with Crippen molar-refractivity contribution in [2.24, 2.45) is 0 Å². The highest BCUT2D eigenvalue weighted by atomic mass is 19.1. The fourth-order valence-electron chi connectivity index (χ4n) is 3.20. The Hall–Kier alpha value is -3.09. The van der Waals surface area contributed by atoms with Crippen LogP contribution in [0.5, 0.6) is 5.75 Å². The predicted octanol–water partition coefficient (Wildman–Crippen LogP) is 3.95. The molecule has 0 spiro atoms. The molecule has 2 aromatic carbocycles. The molecule has 0 unspecified atom stereocenters. The highest BCUT2D eigenvalue weighted by Gasteiger charge is 2.19. The summed E-state index contributed by atoms with van der Waals surface area (Å²) in [4.78, 5) is 26.4. The van der Waals surface area contributed by atoms with E-state index in [2.05, 4.69) is 10.6 Å². The largest absolute Gasteiger partial charge is 0.494 e. The van der Waals surface area contributed by atoms with Crippen molar-refractivity contribution in [3.05, 3.63) is 59.4 Å². The fraction of sp³-hybridized carbons (Fsp3) is 0.333. The minimum Gasteiger partial charge on any atom is -0.494 e. The van der Waals surface area contributed by atoms with Gasteiger partial charge in [0.1, 0.15) is 0 Å². The highest BCUT2D eigenvalue weighted by Crippen LogP contribution is 2.22. The van der Waals surface area contributed by atoms with Crippen molar-refractivity contribution >= 4 is 17.6 Å². The van der Waals surface area contributed by atoms with E-state index >= 15 is 0 Å². The smallest absolute Gasteiger partial charge is 0.319 e. The minimum atomic E-state index is -0.479. The van der Waals surface area contributed by atoms with Gasteiger partial charge in [0.25, 0.3) is 5.91 Å². The number of likely N-dealkylation sites (tertiary alicyclic amines) is 1. The van der Waals surface area contributed by atoms with E-state index in [0.717, 1.165) is 25.9 Å². The van der Waals surface area contributed by atoms with E-state index in [9.17, 15) is 14.0 Å². The van der Waals surface area contributed by atoms with Crippen LogP contribution in [0.1, 0.15) is 41.7 Å². The molecule has 1 aliphatic heterocycles. The van der Waals surface area contributed by atoms with Gasteiger partial charge in [0.05, 0.1) is 13.2 Å². The van der Waals surface area contributed by atoms with Crippen molar-refractivity contribution in [1.29, 1.82) is 0 Å². The van der Waals surface area contributed by atoms with Crippen molar-refractivity contribution in [1.82, 2.24) is 10.2 Å². The summed E-state index contributed by atoms with van der Waals surface area (Å²) >= 11 is 0. The van der Waals surface area contributed by atoms with Gasteiger partial charge in [-0.3, -0.25) is 4.79 Å². The summed E-state index contributed by atoms with van der Waals surface area (Å²) in [5.41, 5.74) is 1.80. The SMILES string of the molecule is COc1ccc([C@H](C)NC(=O)Nc2ccc(C(=O)N3CCCC3)cc2)cc1F. The van der Waals surface area contributed by atoms with Crippen molar-refractivity contribution in [3.63, 3.8) is 0 Å². The standard InChI is InChI=1S/C21H24FN3O3/c1-14(16-7-10-19(28-2)18(22)13-16)23-21(27)24-17-8-5-15(6-9-17)20(26)25-11-3-4-12-25/h5-10,13-14H,3-4,11-12H2,1-2H3,(H2,23,24,27)/t14-/m0/s1. The summed E-state index contributed by atoms with van der Waals surface area (Å²) in [7, 11) is 1.40. The molecule has 1 aliphatic rings. The maximum atomic E-state index is 13.8. The first-order chi connectivity index (χ1) is 13.5. The summed E-state index contributed by atoms with van der Waals surface area (Å²) < 4.78 is 18.7. The number of halogens is 1. The zero-order valence-corrected chi connectivity index (χ0v) is 16.0. The lowest BCUT2D eigenvalue weighted by atomic mass is 10.1. The number of nitrogens with zero attached hydrogens (tertiary/aromatic N) is 1. The Morgan fingerprint density at radius 3 is 2.39 bits per heavy atom. The van der Waals surface area contributed by atoms with E-state index < -0.39 is 17.9 Å². The van der Waals surface area contributed by atoms with E-state index in [-0.39, 0.29) is 11.7 Å². The Bertz CT molecular complexity index is 848. The van der Waals surface area contributed by atoms with Crippen LogP contribution in [0.3, 0.4) is 0 Å². The van der Waals surface area contributed by atoms with E-state index in [4.69, 9.17) is 4.74 Å². The molecule has 1 fully saturated rings. The fourth-order valence-corrected chi connectivity index (χ4v) is 3.20. The number of rotatable bonds is 5. The van der Waals surface area contributed by atoms with Gasteiger partial charge in [-0.15, -0.1) is 0 Å². The van der Waals surface area contributed by atoms with Crippen LogP contribution < -0.4 is 15.4 Å². The highest BCUT2D eigenvalue weighted by molar-refractivity contribution is 5.95. The normalized spacial score (nSPS) is 14.5. The van der Waals surface area contributed by atoms with Gasteiger partial charge in [-0.2, -0.15) is 0 Å². The molecule has 1 heterocycles. The number of amides is 3. The molecule has 3 amide bonds. The average Bonchev–Trinajstić information content (AvgIpc) is 3.22. The van der Waals surface area contributed by atoms with Crippen LogP contribution in [0.2, 0.25) is 0 Å². The van der Waals surface area contributed by atoms with Crippen LogP contribution in [0.4, 0.5) is 14.9 Å². The van der Waals surface area contributed by atoms with Gasteiger partial charge in [0, 0.05) is 24.3 Å². The second-order valence-electron chi connectivity index (χ2n) is 6.79. The number of anilines is 1. The van der Waals surface area contributed by atoms with E-state index in [1.54, 1.807) is 37.3 Å². The molecule has 1 atom stereocenters. The lowest BCUT2D eigenvalue weighted by Gasteiger charge is -2.17. The zero-order chi connectivity index (χ0) is 20.1. The number of hydrogen-bond acceptors (Lipinski definition) is 3. The first-order valence-corrected chi connectivity index (χ1v) is 9.28. The number of carbonyl (C=O) groups is 2. The number of urea groups is 1. The topological polar surface area (TPSA) is 70.7 Å². The van der Waals surface area contributed by atoms with E-state index in [1.165, 1.54) is 19.2 Å². The quantitative estimate of drug-likeness (QED) is 0.819. The van der Waals surface area contributed by atoms with Crippen molar-refractivity contribution in [3.8, 4) is 5.75 Å². The molecule has 148 valence electrons. The number of methoxy groups -OCH3 is 1. The van der Waals surface area contributed by atoms with Crippen molar-refractivity contribution in [2.75, 3.05) is 25.5 Å². The molecular weight excluding hydrogens is 361 g/mol. The third-order valence-electron chi connectivity index (χ3n) is 4.81. The van der Waals surface area contributed by atoms with Crippen molar-refractivity contribution < 1.29 is 18.7 Å². The molecule has 0 aromatic heterocycles. The summed E-state index contributed by atoms with van der Waals surface area (Å²) in [5, 5.41) is 5.48. The number of benzene rings is 2. The molecule has 0 radical (unpaired) electrons. The maximum Gasteiger partial charge on any atom is 0.319 e. The number of hydrogen-bond donors (Lipinski definition) is 2. The van der Waals surface area contributed by atoms with Crippen molar-refractivity contribution in [2.45, 2.75) is 25.8 Å². The Kier molecular flexibility index (Phi) is 6.13. The van der Waals surface area contributed by atoms with Gasteiger partial charge in [-0.1, -0.05) is 6.07 Å². The second kappa shape index (κ2) is 8.73. The van der Waals surface area contributed by atoms with Gasteiger partial charge >= 0.3 is 6.03 Å². The minimum absolute atomic E-state index is 0.0173. The Morgan fingerprint density at radius 2 is 1.79 bits per heavy atom. The van der Waals surface area contributed by atoms with Crippen LogP contribution in [0, 0.1) is 5.82 Å². The van der Waals surface area contributed by atoms with Crippen LogP contribution in [-0.4, -0.2) is 37.0 Å². The van der Waals surface area contributed by atoms with Crippen LogP contribution in [0.15, 0.2) is 42.5 Å². The second-order valence-corrected chi connectivity index (χ2v) is 6.79. The van der Waals surface area contributed by atoms with Gasteiger partial charge in [-0.25, -0.2) is 9.18 Å². The van der Waals surface area contributed by atoms with Gasteiger partial charge in [0.15, 0.2) is 11.6 Å². The number of ether oxygens (including phenoxy) is 1. The third-order valence-corrected chi connectivity index (χ3v) is 4.81. The summed E-state index contributed by atoms with van der Waals surface area (Å²) in [6, 6.07) is 10.6. The molecule has 2 aromatic rings. The Morgan fingerprint density at radius 1 is 1.11 bits per heavy atom. The number of nitrogens with one attached hydrogen (secondary N) is 2. The predicted molar refractivity (Wildman–Crippen MR) is 105 cm³/mol. The molecular formula is C21H24FN3O3. The average molecular weight is 385 g/mol. The molecule has 0 saturated carbocycles. The Balaban J connectivity index is 1.56. The molecule has 28 heavy (non-hydrogen) atoms. The first-order valence-electron chi connectivity index (χ1n) is 9.28. The van der Waals surface area contributed by atoms with Gasteiger partial charge in [0.2, 0.25) is 0 Å². The monoisotopic (exact) mass is 385 g/mol. The molecule has 2 N–H and O–H groups in total.